The van der Waals surface area contributed by atoms with Crippen molar-refractivity contribution in [3.63, 3.8) is 0 Å². The highest BCUT2D eigenvalue weighted by Gasteiger charge is 2.12. The maximum Gasteiger partial charge on any atom is 0.208 e. The Kier molecular flexibility index (Phi) is 9.80. The summed E-state index contributed by atoms with van der Waals surface area (Å²) in [5, 5.41) is 0. The zero-order valence-electron chi connectivity index (χ0n) is 11.4. The fourth-order valence-electron chi connectivity index (χ4n) is 1.32. The van der Waals surface area contributed by atoms with Gasteiger partial charge in [-0.15, -0.1) is 0 Å². The first-order valence-corrected chi connectivity index (χ1v) is 5.97. The third-order valence-electron chi connectivity index (χ3n) is 2.44. The van der Waals surface area contributed by atoms with Crippen LogP contribution < -0.4 is 11.3 Å². The summed E-state index contributed by atoms with van der Waals surface area (Å²) >= 11 is 0. The maximum absolute atomic E-state index is 5.45. The van der Waals surface area contributed by atoms with Crippen molar-refractivity contribution in [2.24, 2.45) is 10.8 Å². The van der Waals surface area contributed by atoms with Gasteiger partial charge >= 0.3 is 0 Å². The standard InChI is InChI=1S/C11H26N4O2/c1-5-17-8-6-7-13-11(14-12)15(3)10(2)9-16-4/h10H,5-9,12H2,1-4H3,(H,13,14). The van der Waals surface area contributed by atoms with Crippen LogP contribution in [0.15, 0.2) is 4.99 Å². The number of hydrogen-bond acceptors (Lipinski definition) is 4. The van der Waals surface area contributed by atoms with Crippen molar-refractivity contribution in [3.05, 3.63) is 0 Å². The van der Waals surface area contributed by atoms with Crippen molar-refractivity contribution in [3.8, 4) is 0 Å². The Hall–Kier alpha value is -0.850. The number of nitrogens with zero attached hydrogens (tertiary/aromatic N) is 2. The Morgan fingerprint density at radius 3 is 2.76 bits per heavy atom. The SMILES string of the molecule is CCOCCCN=C(NN)N(C)C(C)COC. The predicted octanol–water partition coefficient (Wildman–Crippen LogP) is 0.199. The Morgan fingerprint density at radius 1 is 1.53 bits per heavy atom. The minimum atomic E-state index is 0.224. The van der Waals surface area contributed by atoms with Crippen LogP contribution in [0.2, 0.25) is 0 Å². The van der Waals surface area contributed by atoms with E-state index in [-0.39, 0.29) is 6.04 Å². The van der Waals surface area contributed by atoms with E-state index in [4.69, 9.17) is 15.3 Å². The molecule has 102 valence electrons. The molecule has 0 rings (SSSR count). The number of ether oxygens (including phenoxy) is 2. The van der Waals surface area contributed by atoms with Gasteiger partial charge in [0.1, 0.15) is 0 Å². The Labute approximate surface area is 104 Å². The van der Waals surface area contributed by atoms with Crippen molar-refractivity contribution in [2.75, 3.05) is 40.5 Å². The molecule has 0 aliphatic rings. The van der Waals surface area contributed by atoms with Crippen molar-refractivity contribution in [1.29, 1.82) is 0 Å². The fourth-order valence-corrected chi connectivity index (χ4v) is 1.32. The minimum absolute atomic E-state index is 0.224. The van der Waals surface area contributed by atoms with Gasteiger partial charge in [0.2, 0.25) is 5.96 Å². The average Bonchev–Trinajstić information content (AvgIpc) is 2.33. The van der Waals surface area contributed by atoms with Crippen molar-refractivity contribution >= 4 is 5.96 Å². The lowest BCUT2D eigenvalue weighted by Gasteiger charge is -2.26. The number of nitrogens with two attached hydrogens (primary N) is 1. The van der Waals surface area contributed by atoms with E-state index in [2.05, 4.69) is 17.3 Å². The topological polar surface area (TPSA) is 72.1 Å². The van der Waals surface area contributed by atoms with E-state index in [0.29, 0.717) is 19.1 Å². The van der Waals surface area contributed by atoms with E-state index < -0.39 is 0 Å². The van der Waals surface area contributed by atoms with E-state index in [1.165, 1.54) is 0 Å². The van der Waals surface area contributed by atoms with Gasteiger partial charge in [0, 0.05) is 33.9 Å². The smallest absolute Gasteiger partial charge is 0.208 e. The molecule has 0 aliphatic carbocycles. The molecule has 0 aliphatic heterocycles. The van der Waals surface area contributed by atoms with Gasteiger partial charge in [-0.2, -0.15) is 0 Å². The van der Waals surface area contributed by atoms with Crippen LogP contribution in [0.3, 0.4) is 0 Å². The van der Waals surface area contributed by atoms with E-state index in [1.54, 1.807) is 7.11 Å². The van der Waals surface area contributed by atoms with E-state index in [9.17, 15) is 0 Å². The van der Waals surface area contributed by atoms with Crippen LogP contribution in [0.1, 0.15) is 20.3 Å². The summed E-state index contributed by atoms with van der Waals surface area (Å²) in [7, 11) is 3.62. The molecule has 0 saturated heterocycles. The van der Waals surface area contributed by atoms with Crippen LogP contribution >= 0.6 is 0 Å². The minimum Gasteiger partial charge on any atom is -0.383 e. The van der Waals surface area contributed by atoms with Gasteiger partial charge in [-0.1, -0.05) is 0 Å². The highest BCUT2D eigenvalue weighted by atomic mass is 16.5. The lowest BCUT2D eigenvalue weighted by molar-refractivity contribution is 0.143. The van der Waals surface area contributed by atoms with Gasteiger partial charge < -0.3 is 14.4 Å². The first kappa shape index (κ1) is 16.1. The maximum atomic E-state index is 5.45. The molecule has 0 amide bonds. The molecule has 6 heteroatoms. The van der Waals surface area contributed by atoms with Crippen LogP contribution in [0.4, 0.5) is 0 Å². The second-order valence-electron chi connectivity index (χ2n) is 3.82. The lowest BCUT2D eigenvalue weighted by atomic mass is 10.3. The number of guanidine groups is 1. The molecule has 0 aromatic carbocycles. The van der Waals surface area contributed by atoms with Gasteiger partial charge in [0.15, 0.2) is 0 Å². The van der Waals surface area contributed by atoms with Crippen molar-refractivity contribution in [1.82, 2.24) is 10.3 Å². The molecular formula is C11H26N4O2. The van der Waals surface area contributed by atoms with Gasteiger partial charge in [0.05, 0.1) is 12.6 Å². The summed E-state index contributed by atoms with van der Waals surface area (Å²) in [4.78, 5) is 6.35. The molecule has 0 bridgehead atoms. The van der Waals surface area contributed by atoms with E-state index in [1.807, 2.05) is 18.9 Å². The Bertz CT molecular complexity index is 212. The molecule has 6 nitrogen and oxygen atoms in total. The van der Waals surface area contributed by atoms with Crippen LogP contribution in [0, 0.1) is 0 Å². The Balaban J connectivity index is 4.05. The molecule has 1 unspecified atom stereocenters. The quantitative estimate of drug-likeness (QED) is 0.210. The van der Waals surface area contributed by atoms with E-state index in [0.717, 1.165) is 19.6 Å². The average molecular weight is 246 g/mol. The number of aliphatic imine (C=N–C) groups is 1. The van der Waals surface area contributed by atoms with Crippen LogP contribution in [-0.4, -0.2) is 57.4 Å². The van der Waals surface area contributed by atoms with Gasteiger partial charge in [-0.3, -0.25) is 10.4 Å². The normalized spacial score (nSPS) is 13.6. The lowest BCUT2D eigenvalue weighted by Crippen LogP contribution is -2.48. The first-order valence-electron chi connectivity index (χ1n) is 5.97. The Morgan fingerprint density at radius 2 is 2.24 bits per heavy atom. The summed E-state index contributed by atoms with van der Waals surface area (Å²) in [5.74, 6) is 6.13. The second-order valence-corrected chi connectivity index (χ2v) is 3.82. The number of rotatable bonds is 8. The molecule has 1 atom stereocenters. The second kappa shape index (κ2) is 10.3. The van der Waals surface area contributed by atoms with Crippen LogP contribution in [0.25, 0.3) is 0 Å². The van der Waals surface area contributed by atoms with Crippen molar-refractivity contribution in [2.45, 2.75) is 26.3 Å². The monoisotopic (exact) mass is 246 g/mol. The molecule has 0 spiro atoms. The van der Waals surface area contributed by atoms with Gasteiger partial charge in [-0.05, 0) is 20.3 Å². The molecule has 17 heavy (non-hydrogen) atoms. The van der Waals surface area contributed by atoms with Gasteiger partial charge in [-0.25, -0.2) is 5.84 Å². The van der Waals surface area contributed by atoms with Crippen LogP contribution in [0.5, 0.6) is 0 Å². The molecular weight excluding hydrogens is 220 g/mol. The number of nitrogens with one attached hydrogen (secondary N) is 1. The number of methoxy groups -OCH3 is 1. The van der Waals surface area contributed by atoms with E-state index >= 15 is 0 Å². The fraction of sp³-hybridized carbons (Fsp3) is 0.909. The third-order valence-corrected chi connectivity index (χ3v) is 2.44. The summed E-state index contributed by atoms with van der Waals surface area (Å²) < 4.78 is 10.3. The molecule has 0 heterocycles. The molecule has 3 N–H and O–H groups in total. The van der Waals surface area contributed by atoms with Gasteiger partial charge in [0.25, 0.3) is 0 Å². The number of hydrogen-bond donors (Lipinski definition) is 2. The molecule has 0 saturated carbocycles. The first-order chi connectivity index (χ1) is 8.17. The molecule has 0 fully saturated rings. The largest absolute Gasteiger partial charge is 0.383 e. The summed E-state index contributed by atoms with van der Waals surface area (Å²) in [6.07, 6.45) is 0.894. The summed E-state index contributed by atoms with van der Waals surface area (Å²) in [6.45, 7) is 6.85. The third kappa shape index (κ3) is 7.14. The number of likely N-dealkylation sites (N-methyl/N-ethyl adjacent to an activating group) is 1. The highest BCUT2D eigenvalue weighted by molar-refractivity contribution is 5.79. The molecule has 0 aromatic rings. The number of hydrazine groups is 1. The zero-order chi connectivity index (χ0) is 13.1. The molecule has 0 radical (unpaired) electrons. The zero-order valence-corrected chi connectivity index (χ0v) is 11.4. The predicted molar refractivity (Wildman–Crippen MR) is 69.8 cm³/mol. The van der Waals surface area contributed by atoms with Crippen molar-refractivity contribution < 1.29 is 9.47 Å². The summed E-state index contributed by atoms with van der Waals surface area (Å²) in [5.41, 5.74) is 2.61. The molecule has 0 aromatic heterocycles. The highest BCUT2D eigenvalue weighted by Crippen LogP contribution is 1.97. The summed E-state index contributed by atoms with van der Waals surface area (Å²) in [6, 6.07) is 0.224. The van der Waals surface area contributed by atoms with Crippen LogP contribution in [-0.2, 0) is 9.47 Å².